The Morgan fingerprint density at radius 3 is 1.74 bits per heavy atom. The van der Waals surface area contributed by atoms with Crippen molar-refractivity contribution < 1.29 is 8.83 Å². The Kier molecular flexibility index (Phi) is 10.5. The van der Waals surface area contributed by atoms with Crippen LogP contribution in [0.25, 0.3) is 71.7 Å². The predicted molar refractivity (Wildman–Crippen MR) is 336 cm³/mol. The molecular weight excluding hydrogens is 985 g/mol. The molecule has 0 radical (unpaired) electrons. The van der Waals surface area contributed by atoms with Gasteiger partial charge in [-0.3, -0.25) is 0 Å². The Morgan fingerprint density at radius 1 is 0.407 bits per heavy atom. The van der Waals surface area contributed by atoms with E-state index in [2.05, 4.69) is 298 Å². The van der Waals surface area contributed by atoms with E-state index in [9.17, 15) is 0 Å². The van der Waals surface area contributed by atoms with Crippen molar-refractivity contribution in [3.8, 4) is 22.3 Å². The standard InChI is InChI=1S/C77H56N2O2/c1-49-41-43-50(44-42-49)56-30-17-32-61-62-33-19-38-69(75(62)81-74(56)61)78(55-45-46-59-57-27-10-13-34-64(57)76(2,3)66(59)48-55)53-25-16-26-54(47-53)79(67-36-20-40-71-72(67)63-29-12-15-39-70(63)80-71)68-37-18-31-60-58-28-11-14-35-65(58)77(73(60)68,51-21-6-4-7-22-51)52-23-8-5-9-24-52/h4-41,43-49H,42H2,1-3H3. The van der Waals surface area contributed by atoms with Gasteiger partial charge in [-0.05, 0) is 129 Å². The third-order valence-electron chi connectivity index (χ3n) is 17.9. The van der Waals surface area contributed by atoms with Crippen molar-refractivity contribution in [1.82, 2.24) is 0 Å². The Labute approximate surface area is 471 Å². The molecule has 0 fully saturated rings. The summed E-state index contributed by atoms with van der Waals surface area (Å²) in [6.45, 7) is 7.00. The molecule has 2 aromatic heterocycles. The van der Waals surface area contributed by atoms with Crippen LogP contribution in [0.5, 0.6) is 0 Å². The summed E-state index contributed by atoms with van der Waals surface area (Å²) < 4.78 is 14.1. The van der Waals surface area contributed by atoms with Gasteiger partial charge in [-0.25, -0.2) is 0 Å². The van der Waals surface area contributed by atoms with Crippen LogP contribution in [-0.2, 0) is 10.8 Å². The third-order valence-corrected chi connectivity index (χ3v) is 17.9. The summed E-state index contributed by atoms with van der Waals surface area (Å²) in [5.74, 6) is 0.502. The summed E-state index contributed by atoms with van der Waals surface area (Å²) in [6.07, 6.45) is 7.94. The molecule has 16 rings (SSSR count). The second-order valence-electron chi connectivity index (χ2n) is 22.7. The highest BCUT2D eigenvalue weighted by Gasteiger charge is 2.48. The van der Waals surface area contributed by atoms with Crippen molar-refractivity contribution in [3.05, 3.63) is 306 Å². The van der Waals surface area contributed by atoms with Crippen molar-refractivity contribution in [2.75, 3.05) is 9.80 Å². The fraction of sp³-hybridized carbons (Fsp3) is 0.0909. The number of allylic oxidation sites excluding steroid dienone is 4. The highest BCUT2D eigenvalue weighted by Crippen LogP contribution is 2.61. The molecule has 0 N–H and O–H groups in total. The van der Waals surface area contributed by atoms with Crippen LogP contribution >= 0.6 is 0 Å². The van der Waals surface area contributed by atoms with Gasteiger partial charge in [0, 0.05) is 49.8 Å². The van der Waals surface area contributed by atoms with Crippen LogP contribution < -0.4 is 9.80 Å². The average molecular weight is 1040 g/mol. The van der Waals surface area contributed by atoms with Crippen LogP contribution in [0.15, 0.2) is 276 Å². The minimum absolute atomic E-state index is 0.230. The van der Waals surface area contributed by atoms with Gasteiger partial charge < -0.3 is 18.6 Å². The summed E-state index contributed by atoms with van der Waals surface area (Å²) >= 11 is 0. The summed E-state index contributed by atoms with van der Waals surface area (Å²) in [7, 11) is 0. The summed E-state index contributed by atoms with van der Waals surface area (Å²) in [5.41, 5.74) is 23.4. The zero-order valence-electron chi connectivity index (χ0n) is 45.4. The van der Waals surface area contributed by atoms with Gasteiger partial charge in [0.1, 0.15) is 16.7 Å². The monoisotopic (exact) mass is 1040 g/mol. The van der Waals surface area contributed by atoms with Crippen molar-refractivity contribution in [1.29, 1.82) is 0 Å². The molecule has 0 saturated heterocycles. The lowest BCUT2D eigenvalue weighted by Crippen LogP contribution is -2.30. The van der Waals surface area contributed by atoms with E-state index in [0.29, 0.717) is 5.92 Å². The average Bonchev–Trinajstić information content (AvgIpc) is 4.46. The van der Waals surface area contributed by atoms with E-state index in [0.717, 1.165) is 90.0 Å². The molecule has 11 aromatic carbocycles. The van der Waals surface area contributed by atoms with E-state index >= 15 is 0 Å². The molecular formula is C77H56N2O2. The Hall–Kier alpha value is -9.90. The first kappa shape index (κ1) is 47.1. The molecule has 3 aliphatic rings. The SMILES string of the molecule is CC1C=CC(c2cccc3c2oc2c(N(c4cccc(N(c5cccc6c5C(c5ccccc5)(c5ccccc5)c5ccccc5-6)c5cccc6oc7ccccc7c56)c4)c4ccc5c(c4)C(C)(C)c4ccccc4-5)cccc23)=CC1. The topological polar surface area (TPSA) is 32.8 Å². The summed E-state index contributed by atoms with van der Waals surface area (Å²) in [6, 6.07) is 91.5. The number of hydrogen-bond acceptors (Lipinski definition) is 4. The molecule has 0 saturated carbocycles. The van der Waals surface area contributed by atoms with Crippen LogP contribution in [0.2, 0.25) is 0 Å². The molecule has 1 atom stereocenters. The quantitative estimate of drug-likeness (QED) is 0.144. The minimum atomic E-state index is -0.689. The van der Waals surface area contributed by atoms with Crippen molar-refractivity contribution in [3.63, 3.8) is 0 Å². The zero-order chi connectivity index (χ0) is 54.0. The minimum Gasteiger partial charge on any atom is -0.456 e. The second-order valence-corrected chi connectivity index (χ2v) is 22.7. The summed E-state index contributed by atoms with van der Waals surface area (Å²) in [4.78, 5) is 4.95. The molecule has 0 bridgehead atoms. The van der Waals surface area contributed by atoms with E-state index in [1.807, 2.05) is 0 Å². The van der Waals surface area contributed by atoms with Crippen LogP contribution in [0.4, 0.5) is 34.1 Å². The second kappa shape index (κ2) is 18.1. The van der Waals surface area contributed by atoms with E-state index in [-0.39, 0.29) is 5.41 Å². The van der Waals surface area contributed by atoms with Gasteiger partial charge in [0.05, 0.1) is 27.9 Å². The number of anilines is 6. The molecule has 0 amide bonds. The van der Waals surface area contributed by atoms with Crippen LogP contribution in [0.1, 0.15) is 66.1 Å². The predicted octanol–water partition coefficient (Wildman–Crippen LogP) is 21.1. The number of para-hydroxylation sites is 3. The molecule has 2 heterocycles. The maximum Gasteiger partial charge on any atom is 0.159 e. The number of furan rings is 2. The summed E-state index contributed by atoms with van der Waals surface area (Å²) in [5, 5.41) is 4.29. The number of nitrogens with zero attached hydrogens (tertiary/aromatic N) is 2. The molecule has 0 aliphatic heterocycles. The van der Waals surface area contributed by atoms with Crippen molar-refractivity contribution >= 4 is 83.6 Å². The Bertz CT molecular complexity index is 4710. The van der Waals surface area contributed by atoms with Gasteiger partial charge in [-0.1, -0.05) is 227 Å². The van der Waals surface area contributed by atoms with Gasteiger partial charge in [-0.15, -0.1) is 0 Å². The van der Waals surface area contributed by atoms with E-state index < -0.39 is 5.41 Å². The van der Waals surface area contributed by atoms with Crippen LogP contribution in [0.3, 0.4) is 0 Å². The highest BCUT2D eigenvalue weighted by molar-refractivity contribution is 6.15. The molecule has 4 nitrogen and oxygen atoms in total. The van der Waals surface area contributed by atoms with Gasteiger partial charge in [0.15, 0.2) is 5.58 Å². The number of fused-ring (bicyclic) bond motifs is 12. The van der Waals surface area contributed by atoms with E-state index in [4.69, 9.17) is 8.83 Å². The fourth-order valence-electron chi connectivity index (χ4n) is 14.2. The molecule has 81 heavy (non-hydrogen) atoms. The first-order valence-electron chi connectivity index (χ1n) is 28.4. The fourth-order valence-corrected chi connectivity index (χ4v) is 14.2. The first-order valence-corrected chi connectivity index (χ1v) is 28.4. The first-order chi connectivity index (χ1) is 39.9. The highest BCUT2D eigenvalue weighted by atomic mass is 16.3. The van der Waals surface area contributed by atoms with Gasteiger partial charge in [0.2, 0.25) is 0 Å². The maximum atomic E-state index is 7.35. The molecule has 0 spiro atoms. The zero-order valence-corrected chi connectivity index (χ0v) is 45.4. The Morgan fingerprint density at radius 2 is 0.963 bits per heavy atom. The largest absolute Gasteiger partial charge is 0.456 e. The maximum absolute atomic E-state index is 7.35. The Balaban J connectivity index is 0.981. The van der Waals surface area contributed by atoms with Crippen molar-refractivity contribution in [2.24, 2.45) is 5.92 Å². The van der Waals surface area contributed by atoms with Crippen LogP contribution in [-0.4, -0.2) is 0 Å². The normalized spacial score (nSPS) is 15.4. The lowest BCUT2D eigenvalue weighted by molar-refractivity contribution is 0.660. The van der Waals surface area contributed by atoms with Gasteiger partial charge in [-0.2, -0.15) is 0 Å². The molecule has 4 heteroatoms. The number of benzene rings is 11. The van der Waals surface area contributed by atoms with E-state index in [1.54, 1.807) is 0 Å². The lowest BCUT2D eigenvalue weighted by atomic mass is 9.67. The molecule has 13 aromatic rings. The van der Waals surface area contributed by atoms with Gasteiger partial charge >= 0.3 is 0 Å². The van der Waals surface area contributed by atoms with E-state index in [1.165, 1.54) is 61.2 Å². The third kappa shape index (κ3) is 6.96. The molecule has 1 unspecified atom stereocenters. The van der Waals surface area contributed by atoms with Crippen molar-refractivity contribution in [2.45, 2.75) is 38.0 Å². The lowest BCUT2D eigenvalue weighted by Gasteiger charge is -2.38. The van der Waals surface area contributed by atoms with Crippen LogP contribution in [0, 0.1) is 5.92 Å². The molecule has 3 aliphatic carbocycles. The molecule has 386 valence electrons. The van der Waals surface area contributed by atoms with Gasteiger partial charge in [0.25, 0.3) is 0 Å². The smallest absolute Gasteiger partial charge is 0.159 e. The number of rotatable bonds is 9. The number of hydrogen-bond donors (Lipinski definition) is 0.